The highest BCUT2D eigenvalue weighted by molar-refractivity contribution is 5.85. The van der Waals surface area contributed by atoms with Crippen LogP contribution in [0.1, 0.15) is 37.7 Å². The van der Waals surface area contributed by atoms with Crippen LogP contribution in [0.2, 0.25) is 0 Å². The highest BCUT2D eigenvalue weighted by Gasteiger charge is 2.29. The number of likely N-dealkylation sites (tertiary alicyclic amines) is 1. The molecule has 3 rings (SSSR count). The van der Waals surface area contributed by atoms with E-state index in [9.17, 15) is 4.79 Å². The number of hydrogen-bond acceptors (Lipinski definition) is 3. The van der Waals surface area contributed by atoms with Gasteiger partial charge in [0.1, 0.15) is 0 Å². The molecule has 0 aromatic heterocycles. The summed E-state index contributed by atoms with van der Waals surface area (Å²) in [4.78, 5) is 16.9. The Hall–Kier alpha value is -1.10. The number of piperazine rings is 1. The molecule has 1 aromatic carbocycles. The minimum atomic E-state index is 0. The molecule has 0 aliphatic carbocycles. The van der Waals surface area contributed by atoms with Gasteiger partial charge in [-0.25, -0.2) is 0 Å². The summed E-state index contributed by atoms with van der Waals surface area (Å²) in [5.41, 5.74) is 1.49. The zero-order valence-electron chi connectivity index (χ0n) is 15.3. The lowest BCUT2D eigenvalue weighted by atomic mass is 9.79. The van der Waals surface area contributed by atoms with Gasteiger partial charge in [0.2, 0.25) is 5.91 Å². The number of carbonyl (C=O) groups excluding carboxylic acids is 1. The van der Waals surface area contributed by atoms with Gasteiger partial charge in [-0.3, -0.25) is 4.79 Å². The van der Waals surface area contributed by atoms with Crippen LogP contribution in [0, 0.1) is 5.92 Å². The van der Waals surface area contributed by atoms with Crippen molar-refractivity contribution in [2.75, 3.05) is 45.8 Å². The molecule has 5 heteroatoms. The Morgan fingerprint density at radius 2 is 1.88 bits per heavy atom. The number of hydrogen-bond donors (Lipinski definition) is 1. The first kappa shape index (κ1) is 20.2. The monoisotopic (exact) mass is 365 g/mol. The van der Waals surface area contributed by atoms with Gasteiger partial charge in [0.15, 0.2) is 0 Å². The molecule has 2 saturated heterocycles. The largest absolute Gasteiger partial charge is 0.340 e. The van der Waals surface area contributed by atoms with Gasteiger partial charge in [0.05, 0.1) is 0 Å². The zero-order chi connectivity index (χ0) is 16.8. The number of carbonyl (C=O) groups is 1. The number of nitrogens with zero attached hydrogens (tertiary/aromatic N) is 2. The molecule has 25 heavy (non-hydrogen) atoms. The summed E-state index contributed by atoms with van der Waals surface area (Å²) in [6.45, 7) is 9.07. The minimum Gasteiger partial charge on any atom is -0.340 e. The minimum absolute atomic E-state index is 0. The summed E-state index contributed by atoms with van der Waals surface area (Å²) in [5, 5.41) is 3.30. The maximum Gasteiger partial charge on any atom is 0.223 e. The summed E-state index contributed by atoms with van der Waals surface area (Å²) in [6.07, 6.45) is 3.10. The molecular weight excluding hydrogens is 334 g/mol. The Balaban J connectivity index is 0.00000225. The van der Waals surface area contributed by atoms with Gasteiger partial charge >= 0.3 is 0 Å². The second kappa shape index (κ2) is 10.1. The third-order valence-electron chi connectivity index (χ3n) is 5.68. The number of benzene rings is 1. The Bertz CT molecular complexity index is 519. The van der Waals surface area contributed by atoms with Gasteiger partial charge < -0.3 is 15.1 Å². The molecule has 0 spiro atoms. The Kier molecular flexibility index (Phi) is 8.20. The van der Waals surface area contributed by atoms with Crippen LogP contribution in [0.15, 0.2) is 30.3 Å². The van der Waals surface area contributed by atoms with Crippen molar-refractivity contribution in [3.63, 3.8) is 0 Å². The molecule has 0 bridgehead atoms. The Morgan fingerprint density at radius 1 is 1.16 bits per heavy atom. The van der Waals surface area contributed by atoms with Gasteiger partial charge in [0, 0.05) is 45.7 Å². The molecule has 1 amide bonds. The molecule has 2 unspecified atom stereocenters. The van der Waals surface area contributed by atoms with E-state index in [1.165, 1.54) is 18.4 Å². The van der Waals surface area contributed by atoms with Gasteiger partial charge in [-0.05, 0) is 30.4 Å². The molecule has 4 nitrogen and oxygen atoms in total. The van der Waals surface area contributed by atoms with E-state index >= 15 is 0 Å². The van der Waals surface area contributed by atoms with Gasteiger partial charge in [0.25, 0.3) is 0 Å². The topological polar surface area (TPSA) is 35.6 Å². The van der Waals surface area contributed by atoms with Gasteiger partial charge in [-0.15, -0.1) is 12.4 Å². The van der Waals surface area contributed by atoms with E-state index < -0.39 is 0 Å². The number of amides is 1. The van der Waals surface area contributed by atoms with Crippen LogP contribution in [0.25, 0.3) is 0 Å². The maximum atomic E-state index is 12.3. The van der Waals surface area contributed by atoms with Crippen LogP contribution in [-0.4, -0.2) is 61.5 Å². The molecule has 2 heterocycles. The standard InChI is InChI=1S/C20H31N3O.ClH/c1-2-17-16-22(12-8-19(17)18-6-4-3-5-7-18)13-9-20(24)23-14-10-21-11-15-23;/h3-7,17,19,21H,2,8-16H2,1H3;1H. The van der Waals surface area contributed by atoms with E-state index in [0.717, 1.165) is 45.8 Å². The fourth-order valence-corrected chi connectivity index (χ4v) is 4.19. The SMILES string of the molecule is CCC1CN(CCC(=O)N2CCNCC2)CCC1c1ccccc1.Cl. The Morgan fingerprint density at radius 3 is 2.56 bits per heavy atom. The van der Waals surface area contributed by atoms with E-state index in [1.807, 2.05) is 4.90 Å². The first-order valence-corrected chi connectivity index (χ1v) is 9.53. The average Bonchev–Trinajstić information content (AvgIpc) is 2.67. The van der Waals surface area contributed by atoms with E-state index in [4.69, 9.17) is 0 Å². The lowest BCUT2D eigenvalue weighted by molar-refractivity contribution is -0.132. The van der Waals surface area contributed by atoms with Crippen molar-refractivity contribution in [2.45, 2.75) is 32.1 Å². The van der Waals surface area contributed by atoms with E-state index in [2.05, 4.69) is 47.5 Å². The molecule has 2 atom stereocenters. The maximum absolute atomic E-state index is 12.3. The predicted molar refractivity (Wildman–Crippen MR) is 105 cm³/mol. The molecule has 0 saturated carbocycles. The van der Waals surface area contributed by atoms with Crippen LogP contribution >= 0.6 is 12.4 Å². The number of piperidine rings is 1. The van der Waals surface area contributed by atoms with Crippen LogP contribution in [0.5, 0.6) is 0 Å². The van der Waals surface area contributed by atoms with Crippen molar-refractivity contribution in [1.29, 1.82) is 0 Å². The molecule has 1 N–H and O–H groups in total. The first-order chi connectivity index (χ1) is 11.8. The normalized spacial score (nSPS) is 24.6. The molecule has 2 aliphatic rings. The molecular formula is C20H32ClN3O. The van der Waals surface area contributed by atoms with Gasteiger partial charge in [-0.1, -0.05) is 43.7 Å². The van der Waals surface area contributed by atoms with E-state index in [0.29, 0.717) is 24.2 Å². The van der Waals surface area contributed by atoms with Crippen LogP contribution in [0.4, 0.5) is 0 Å². The molecule has 1 aromatic rings. The number of rotatable bonds is 5. The summed E-state index contributed by atoms with van der Waals surface area (Å²) in [7, 11) is 0. The zero-order valence-corrected chi connectivity index (χ0v) is 16.1. The van der Waals surface area contributed by atoms with Gasteiger partial charge in [-0.2, -0.15) is 0 Å². The summed E-state index contributed by atoms with van der Waals surface area (Å²) >= 11 is 0. The lowest BCUT2D eigenvalue weighted by Crippen LogP contribution is -2.47. The van der Waals surface area contributed by atoms with Crippen LogP contribution in [-0.2, 0) is 4.79 Å². The third kappa shape index (κ3) is 5.44. The highest BCUT2D eigenvalue weighted by atomic mass is 35.5. The third-order valence-corrected chi connectivity index (χ3v) is 5.68. The predicted octanol–water partition coefficient (Wildman–Crippen LogP) is 2.75. The molecule has 2 aliphatic heterocycles. The Labute approximate surface area is 158 Å². The highest BCUT2D eigenvalue weighted by Crippen LogP contribution is 2.34. The molecule has 140 valence electrons. The van der Waals surface area contributed by atoms with Crippen LogP contribution in [0.3, 0.4) is 0 Å². The summed E-state index contributed by atoms with van der Waals surface area (Å²) in [5.74, 6) is 1.71. The van der Waals surface area contributed by atoms with Crippen LogP contribution < -0.4 is 5.32 Å². The van der Waals surface area contributed by atoms with E-state index in [1.54, 1.807) is 0 Å². The summed E-state index contributed by atoms with van der Waals surface area (Å²) < 4.78 is 0. The number of nitrogens with one attached hydrogen (secondary N) is 1. The summed E-state index contributed by atoms with van der Waals surface area (Å²) in [6, 6.07) is 11.0. The fourth-order valence-electron chi connectivity index (χ4n) is 4.19. The number of halogens is 1. The molecule has 2 fully saturated rings. The van der Waals surface area contributed by atoms with Crippen molar-refractivity contribution >= 4 is 18.3 Å². The lowest BCUT2D eigenvalue weighted by Gasteiger charge is -2.39. The molecule has 0 radical (unpaired) electrons. The second-order valence-electron chi connectivity index (χ2n) is 7.16. The first-order valence-electron chi connectivity index (χ1n) is 9.53. The van der Waals surface area contributed by atoms with Crippen molar-refractivity contribution in [3.05, 3.63) is 35.9 Å². The van der Waals surface area contributed by atoms with Crippen molar-refractivity contribution < 1.29 is 4.79 Å². The van der Waals surface area contributed by atoms with E-state index in [-0.39, 0.29) is 12.4 Å². The smallest absolute Gasteiger partial charge is 0.223 e. The quantitative estimate of drug-likeness (QED) is 0.871. The average molecular weight is 366 g/mol. The fraction of sp³-hybridized carbons (Fsp3) is 0.650. The van der Waals surface area contributed by atoms with Crippen molar-refractivity contribution in [1.82, 2.24) is 15.1 Å². The van der Waals surface area contributed by atoms with Crippen molar-refractivity contribution in [2.24, 2.45) is 5.92 Å². The second-order valence-corrected chi connectivity index (χ2v) is 7.16. The van der Waals surface area contributed by atoms with Crippen molar-refractivity contribution in [3.8, 4) is 0 Å².